The molecule has 0 amide bonds. The fraction of sp³-hybridized carbons (Fsp3) is 0.625. The van der Waals surface area contributed by atoms with E-state index >= 15 is 0 Å². The van der Waals surface area contributed by atoms with Gasteiger partial charge in [-0.15, -0.1) is 0 Å². The Kier molecular flexibility index (Phi) is 5.43. The van der Waals surface area contributed by atoms with Crippen LogP contribution >= 0.6 is 15.9 Å². The van der Waals surface area contributed by atoms with E-state index in [0.717, 1.165) is 23.9 Å². The van der Waals surface area contributed by atoms with Crippen molar-refractivity contribution in [2.75, 3.05) is 13.2 Å². The Morgan fingerprint density at radius 3 is 2.84 bits per heavy atom. The van der Waals surface area contributed by atoms with E-state index < -0.39 is 0 Å². The van der Waals surface area contributed by atoms with Crippen molar-refractivity contribution >= 4 is 15.9 Å². The lowest BCUT2D eigenvalue weighted by molar-refractivity contribution is 0.273. The van der Waals surface area contributed by atoms with Gasteiger partial charge in [-0.05, 0) is 60.9 Å². The molecule has 3 atom stereocenters. The van der Waals surface area contributed by atoms with Crippen LogP contribution in [0.25, 0.3) is 0 Å². The second-order valence-electron chi connectivity index (χ2n) is 5.59. The topological polar surface area (TPSA) is 32.3 Å². The summed E-state index contributed by atoms with van der Waals surface area (Å²) in [6.45, 7) is 5.90. The molecule has 1 aliphatic heterocycles. The number of aliphatic hydroxyl groups is 1. The van der Waals surface area contributed by atoms with Gasteiger partial charge in [-0.25, -0.2) is 0 Å². The van der Waals surface area contributed by atoms with Crippen LogP contribution < -0.4 is 5.32 Å². The first kappa shape index (κ1) is 15.0. The summed E-state index contributed by atoms with van der Waals surface area (Å²) in [6.07, 6.45) is 3.18. The molecule has 19 heavy (non-hydrogen) atoms. The summed E-state index contributed by atoms with van der Waals surface area (Å²) in [5, 5.41) is 12.9. The van der Waals surface area contributed by atoms with Gasteiger partial charge in [0.15, 0.2) is 0 Å². The van der Waals surface area contributed by atoms with Gasteiger partial charge < -0.3 is 10.4 Å². The molecule has 0 bridgehead atoms. The highest BCUT2D eigenvalue weighted by molar-refractivity contribution is 9.10. The fourth-order valence-electron chi connectivity index (χ4n) is 3.17. The van der Waals surface area contributed by atoms with Gasteiger partial charge in [-0.2, -0.15) is 0 Å². The molecule has 3 heteroatoms. The molecule has 0 radical (unpaired) electrons. The lowest BCUT2D eigenvalue weighted by Gasteiger charge is -2.25. The van der Waals surface area contributed by atoms with Gasteiger partial charge in [-0.3, -0.25) is 0 Å². The lowest BCUT2D eigenvalue weighted by atomic mass is 9.84. The maximum absolute atomic E-state index is 9.27. The van der Waals surface area contributed by atoms with E-state index in [2.05, 4.69) is 53.3 Å². The summed E-state index contributed by atoms with van der Waals surface area (Å²) < 4.78 is 1.14. The number of aliphatic hydroxyl groups excluding tert-OH is 1. The maximum atomic E-state index is 9.27. The molecule has 0 aliphatic carbocycles. The van der Waals surface area contributed by atoms with Gasteiger partial charge >= 0.3 is 0 Å². The highest BCUT2D eigenvalue weighted by Crippen LogP contribution is 2.37. The predicted octanol–water partition coefficient (Wildman–Crippen LogP) is 4.00. The van der Waals surface area contributed by atoms with Crippen LogP contribution in [0.2, 0.25) is 0 Å². The standard InChI is InChI=1S/C16H24BrNO/c1-3-12(7-9-19)14-5-4-13(17)10-15(14)16-11(2)6-8-18-16/h4-5,10-12,16,18-19H,3,6-9H2,1-2H3. The third kappa shape index (κ3) is 3.39. The Labute approximate surface area is 124 Å². The average molecular weight is 326 g/mol. The van der Waals surface area contributed by atoms with E-state index in [9.17, 15) is 5.11 Å². The largest absolute Gasteiger partial charge is 0.396 e. The van der Waals surface area contributed by atoms with Crippen LogP contribution in [0.3, 0.4) is 0 Å². The summed E-state index contributed by atoms with van der Waals surface area (Å²) in [7, 11) is 0. The van der Waals surface area contributed by atoms with Crippen molar-refractivity contribution in [1.82, 2.24) is 5.32 Å². The average Bonchev–Trinajstić information content (AvgIpc) is 2.82. The highest BCUT2D eigenvalue weighted by Gasteiger charge is 2.28. The summed E-state index contributed by atoms with van der Waals surface area (Å²) in [6, 6.07) is 7.07. The second kappa shape index (κ2) is 6.87. The van der Waals surface area contributed by atoms with Crippen LogP contribution in [0, 0.1) is 5.92 Å². The van der Waals surface area contributed by atoms with E-state index in [1.807, 2.05) is 0 Å². The van der Waals surface area contributed by atoms with Crippen molar-refractivity contribution in [2.24, 2.45) is 5.92 Å². The Hall–Kier alpha value is -0.380. The first-order valence-corrected chi connectivity index (χ1v) is 8.10. The van der Waals surface area contributed by atoms with Crippen molar-refractivity contribution < 1.29 is 5.11 Å². The van der Waals surface area contributed by atoms with E-state index in [0.29, 0.717) is 17.9 Å². The molecule has 1 saturated heterocycles. The molecule has 0 saturated carbocycles. The van der Waals surface area contributed by atoms with Crippen LogP contribution in [0.15, 0.2) is 22.7 Å². The molecule has 3 unspecified atom stereocenters. The molecular weight excluding hydrogens is 302 g/mol. The summed E-state index contributed by atoms with van der Waals surface area (Å²) in [4.78, 5) is 0. The zero-order valence-corrected chi connectivity index (χ0v) is 13.4. The zero-order valence-electron chi connectivity index (χ0n) is 11.8. The van der Waals surface area contributed by atoms with Gasteiger partial charge in [0.05, 0.1) is 0 Å². The van der Waals surface area contributed by atoms with Crippen LogP contribution in [0.4, 0.5) is 0 Å². The van der Waals surface area contributed by atoms with E-state index in [4.69, 9.17) is 0 Å². The minimum Gasteiger partial charge on any atom is -0.396 e. The third-order valence-corrected chi connectivity index (χ3v) is 4.82. The molecule has 1 aromatic carbocycles. The van der Waals surface area contributed by atoms with Crippen molar-refractivity contribution in [3.8, 4) is 0 Å². The number of rotatable bonds is 5. The molecule has 1 heterocycles. The lowest BCUT2D eigenvalue weighted by Crippen LogP contribution is -2.19. The first-order chi connectivity index (χ1) is 9.17. The van der Waals surface area contributed by atoms with Gasteiger partial charge in [0.1, 0.15) is 0 Å². The Balaban J connectivity index is 2.36. The van der Waals surface area contributed by atoms with Gasteiger partial charge in [0, 0.05) is 17.1 Å². The fourth-order valence-corrected chi connectivity index (χ4v) is 3.55. The van der Waals surface area contributed by atoms with Crippen molar-refractivity contribution in [3.63, 3.8) is 0 Å². The minimum absolute atomic E-state index is 0.266. The molecular formula is C16H24BrNO. The van der Waals surface area contributed by atoms with Crippen molar-refractivity contribution in [3.05, 3.63) is 33.8 Å². The first-order valence-electron chi connectivity index (χ1n) is 7.31. The molecule has 1 aliphatic rings. The Morgan fingerprint density at radius 1 is 1.47 bits per heavy atom. The monoisotopic (exact) mass is 325 g/mol. The molecule has 0 aromatic heterocycles. The molecule has 1 aromatic rings. The molecule has 2 N–H and O–H groups in total. The highest BCUT2D eigenvalue weighted by atomic mass is 79.9. The number of benzene rings is 1. The van der Waals surface area contributed by atoms with E-state index in [1.54, 1.807) is 0 Å². The molecule has 1 fully saturated rings. The van der Waals surface area contributed by atoms with Gasteiger partial charge in [-0.1, -0.05) is 35.8 Å². The third-order valence-electron chi connectivity index (χ3n) is 4.33. The smallest absolute Gasteiger partial charge is 0.0436 e. The van der Waals surface area contributed by atoms with Crippen LogP contribution in [0.5, 0.6) is 0 Å². The summed E-state index contributed by atoms with van der Waals surface area (Å²) >= 11 is 3.60. The number of halogens is 1. The molecule has 2 nitrogen and oxygen atoms in total. The Morgan fingerprint density at radius 2 is 2.26 bits per heavy atom. The predicted molar refractivity (Wildman–Crippen MR) is 83.4 cm³/mol. The quantitative estimate of drug-likeness (QED) is 0.857. The van der Waals surface area contributed by atoms with Gasteiger partial charge in [0.25, 0.3) is 0 Å². The summed E-state index contributed by atoms with van der Waals surface area (Å²) in [5.41, 5.74) is 2.82. The van der Waals surface area contributed by atoms with Crippen molar-refractivity contribution in [1.29, 1.82) is 0 Å². The van der Waals surface area contributed by atoms with Crippen LogP contribution in [0.1, 0.15) is 56.2 Å². The normalized spacial score (nSPS) is 24.6. The molecule has 0 spiro atoms. The number of hydrogen-bond acceptors (Lipinski definition) is 2. The van der Waals surface area contributed by atoms with Gasteiger partial charge in [0.2, 0.25) is 0 Å². The van der Waals surface area contributed by atoms with E-state index in [1.165, 1.54) is 17.5 Å². The number of nitrogens with one attached hydrogen (secondary N) is 1. The SMILES string of the molecule is CCC(CCO)c1ccc(Br)cc1C1NCCC1C. The maximum Gasteiger partial charge on any atom is 0.0436 e. The number of hydrogen-bond donors (Lipinski definition) is 2. The second-order valence-corrected chi connectivity index (χ2v) is 6.50. The zero-order chi connectivity index (χ0) is 13.8. The Bertz CT molecular complexity index is 421. The van der Waals surface area contributed by atoms with Crippen LogP contribution in [-0.4, -0.2) is 18.3 Å². The molecule has 2 rings (SSSR count). The molecule has 106 valence electrons. The van der Waals surface area contributed by atoms with Crippen molar-refractivity contribution in [2.45, 2.75) is 45.1 Å². The minimum atomic E-state index is 0.266. The van der Waals surface area contributed by atoms with Crippen LogP contribution in [-0.2, 0) is 0 Å². The summed E-state index contributed by atoms with van der Waals surface area (Å²) in [5.74, 6) is 1.14. The van der Waals surface area contributed by atoms with E-state index in [-0.39, 0.29) is 6.61 Å².